The maximum Gasteiger partial charge on any atom is 0.407 e. The number of nitrogens with two attached hydrogens (primary N) is 1. The fourth-order valence-corrected chi connectivity index (χ4v) is 1.22. The molecule has 17 heavy (non-hydrogen) atoms. The first-order chi connectivity index (χ1) is 7.79. The van der Waals surface area contributed by atoms with E-state index in [4.69, 9.17) is 10.5 Å². The second-order valence-corrected chi connectivity index (χ2v) is 4.68. The van der Waals surface area contributed by atoms with E-state index in [1.54, 1.807) is 32.9 Å². The van der Waals surface area contributed by atoms with Crippen molar-refractivity contribution in [3.05, 3.63) is 29.6 Å². The monoisotopic (exact) mass is 240 g/mol. The summed E-state index contributed by atoms with van der Waals surface area (Å²) in [7, 11) is 0. The topological polar surface area (TPSA) is 64.3 Å². The summed E-state index contributed by atoms with van der Waals surface area (Å²) in [6.45, 7) is 5.32. The van der Waals surface area contributed by atoms with Crippen LogP contribution < -0.4 is 11.1 Å². The van der Waals surface area contributed by atoms with Gasteiger partial charge in [0.2, 0.25) is 0 Å². The van der Waals surface area contributed by atoms with Crippen molar-refractivity contribution in [2.45, 2.75) is 32.9 Å². The first-order valence-electron chi connectivity index (χ1n) is 5.29. The lowest BCUT2D eigenvalue weighted by Gasteiger charge is -2.19. The minimum absolute atomic E-state index is 0.0474. The Kier molecular flexibility index (Phi) is 3.93. The summed E-state index contributed by atoms with van der Waals surface area (Å²) >= 11 is 0. The Labute approximate surface area is 100.0 Å². The molecular formula is C12H17FN2O2. The van der Waals surface area contributed by atoms with E-state index in [-0.39, 0.29) is 12.2 Å². The Morgan fingerprint density at radius 2 is 2.12 bits per heavy atom. The van der Waals surface area contributed by atoms with Gasteiger partial charge in [-0.2, -0.15) is 0 Å². The number of nitrogens with one attached hydrogen (secondary N) is 1. The molecule has 0 aliphatic carbocycles. The zero-order chi connectivity index (χ0) is 13.1. The number of anilines is 1. The minimum atomic E-state index is -0.584. The number of hydrogen-bond acceptors (Lipinski definition) is 3. The first-order valence-corrected chi connectivity index (χ1v) is 5.29. The molecule has 0 radical (unpaired) electrons. The SMILES string of the molecule is CC(C)(C)OC(=O)NCc1cccc(N)c1F. The Bertz CT molecular complexity index is 413. The molecule has 4 nitrogen and oxygen atoms in total. The molecule has 1 rings (SSSR count). The second-order valence-electron chi connectivity index (χ2n) is 4.68. The summed E-state index contributed by atoms with van der Waals surface area (Å²) in [5, 5.41) is 2.47. The van der Waals surface area contributed by atoms with Crippen LogP contribution in [0.1, 0.15) is 26.3 Å². The van der Waals surface area contributed by atoms with Gasteiger partial charge >= 0.3 is 6.09 Å². The molecule has 0 atom stereocenters. The molecule has 1 aromatic rings. The van der Waals surface area contributed by atoms with E-state index in [1.807, 2.05) is 0 Å². The first kappa shape index (κ1) is 13.3. The molecule has 0 aromatic heterocycles. The molecule has 0 saturated heterocycles. The number of alkyl carbamates (subject to hydrolysis) is 1. The smallest absolute Gasteiger partial charge is 0.407 e. The summed E-state index contributed by atoms with van der Waals surface area (Å²) in [5.74, 6) is -0.511. The van der Waals surface area contributed by atoms with Gasteiger partial charge in [-0.05, 0) is 26.8 Å². The number of benzene rings is 1. The van der Waals surface area contributed by atoms with Gasteiger partial charge < -0.3 is 15.8 Å². The van der Waals surface area contributed by atoms with Crippen LogP contribution in [0, 0.1) is 5.82 Å². The van der Waals surface area contributed by atoms with Crippen molar-refractivity contribution in [2.24, 2.45) is 0 Å². The van der Waals surface area contributed by atoms with Gasteiger partial charge in [0.05, 0.1) is 5.69 Å². The minimum Gasteiger partial charge on any atom is -0.444 e. The van der Waals surface area contributed by atoms with Crippen LogP contribution in [-0.2, 0) is 11.3 Å². The molecule has 94 valence electrons. The van der Waals surface area contributed by atoms with Crippen molar-refractivity contribution >= 4 is 11.8 Å². The van der Waals surface area contributed by atoms with Crippen LogP contribution in [-0.4, -0.2) is 11.7 Å². The van der Waals surface area contributed by atoms with Gasteiger partial charge in [-0.25, -0.2) is 9.18 Å². The summed E-state index contributed by atoms with van der Waals surface area (Å²) in [5.41, 5.74) is 5.23. The van der Waals surface area contributed by atoms with Gasteiger partial charge in [0, 0.05) is 12.1 Å². The summed E-state index contributed by atoms with van der Waals surface area (Å²) in [6, 6.07) is 4.65. The molecular weight excluding hydrogens is 223 g/mol. The average molecular weight is 240 g/mol. The predicted octanol–water partition coefficient (Wildman–Crippen LogP) is 2.43. The van der Waals surface area contributed by atoms with Crippen LogP contribution >= 0.6 is 0 Å². The number of hydrogen-bond donors (Lipinski definition) is 2. The molecule has 0 aliphatic rings. The van der Waals surface area contributed by atoms with Gasteiger partial charge in [-0.1, -0.05) is 12.1 Å². The zero-order valence-electron chi connectivity index (χ0n) is 10.2. The molecule has 5 heteroatoms. The van der Waals surface area contributed by atoms with Crippen LogP contribution in [0.5, 0.6) is 0 Å². The molecule has 0 bridgehead atoms. The van der Waals surface area contributed by atoms with E-state index < -0.39 is 17.5 Å². The molecule has 0 unspecified atom stereocenters. The molecule has 0 aliphatic heterocycles. The summed E-state index contributed by atoms with van der Waals surface area (Å²) in [6.07, 6.45) is -0.584. The van der Waals surface area contributed by atoms with Crippen LogP contribution in [0.4, 0.5) is 14.9 Å². The normalized spacial score (nSPS) is 11.1. The van der Waals surface area contributed by atoms with E-state index in [0.29, 0.717) is 5.56 Å². The third-order valence-electron chi connectivity index (χ3n) is 1.93. The highest BCUT2D eigenvalue weighted by atomic mass is 19.1. The molecule has 0 spiro atoms. The van der Waals surface area contributed by atoms with E-state index in [9.17, 15) is 9.18 Å². The Balaban J connectivity index is 2.56. The van der Waals surface area contributed by atoms with E-state index in [2.05, 4.69) is 5.32 Å². The number of nitrogen functional groups attached to an aromatic ring is 1. The van der Waals surface area contributed by atoms with Gasteiger partial charge in [0.15, 0.2) is 5.82 Å². The van der Waals surface area contributed by atoms with Crippen LogP contribution in [0.3, 0.4) is 0 Å². The molecule has 0 fully saturated rings. The number of ether oxygens (including phenoxy) is 1. The van der Waals surface area contributed by atoms with Crippen LogP contribution in [0.15, 0.2) is 18.2 Å². The Hall–Kier alpha value is -1.78. The predicted molar refractivity (Wildman–Crippen MR) is 63.9 cm³/mol. The number of rotatable bonds is 2. The van der Waals surface area contributed by atoms with Crippen molar-refractivity contribution in [1.82, 2.24) is 5.32 Å². The van der Waals surface area contributed by atoms with E-state index >= 15 is 0 Å². The largest absolute Gasteiger partial charge is 0.444 e. The van der Waals surface area contributed by atoms with Crippen LogP contribution in [0.2, 0.25) is 0 Å². The van der Waals surface area contributed by atoms with Crippen molar-refractivity contribution in [3.8, 4) is 0 Å². The van der Waals surface area contributed by atoms with Crippen molar-refractivity contribution in [2.75, 3.05) is 5.73 Å². The summed E-state index contributed by atoms with van der Waals surface area (Å²) in [4.78, 5) is 11.3. The molecule has 3 N–H and O–H groups in total. The third kappa shape index (κ3) is 4.30. The molecule has 1 aromatic carbocycles. The molecule has 0 saturated carbocycles. The number of carbonyl (C=O) groups excluding carboxylic acids is 1. The Morgan fingerprint density at radius 3 is 2.71 bits per heavy atom. The van der Waals surface area contributed by atoms with Gasteiger partial charge in [0.25, 0.3) is 0 Å². The van der Waals surface area contributed by atoms with Crippen LogP contribution in [0.25, 0.3) is 0 Å². The highest BCUT2D eigenvalue weighted by Gasteiger charge is 2.16. The maximum absolute atomic E-state index is 13.5. The van der Waals surface area contributed by atoms with Gasteiger partial charge in [-0.15, -0.1) is 0 Å². The van der Waals surface area contributed by atoms with Gasteiger partial charge in [-0.3, -0.25) is 0 Å². The third-order valence-corrected chi connectivity index (χ3v) is 1.93. The van der Waals surface area contributed by atoms with Crippen molar-refractivity contribution in [3.63, 3.8) is 0 Å². The molecule has 1 amide bonds. The quantitative estimate of drug-likeness (QED) is 0.780. The fraction of sp³-hybridized carbons (Fsp3) is 0.417. The summed E-state index contributed by atoms with van der Waals surface area (Å²) < 4.78 is 18.5. The average Bonchev–Trinajstić information content (AvgIpc) is 2.18. The lowest BCUT2D eigenvalue weighted by Crippen LogP contribution is -2.32. The number of carbonyl (C=O) groups is 1. The van der Waals surface area contributed by atoms with Crippen molar-refractivity contribution < 1.29 is 13.9 Å². The van der Waals surface area contributed by atoms with E-state index in [0.717, 1.165) is 0 Å². The standard InChI is InChI=1S/C12H17FN2O2/c1-12(2,3)17-11(16)15-7-8-5-4-6-9(14)10(8)13/h4-6H,7,14H2,1-3H3,(H,15,16). The van der Waals surface area contributed by atoms with E-state index in [1.165, 1.54) is 6.07 Å². The highest BCUT2D eigenvalue weighted by Crippen LogP contribution is 2.14. The maximum atomic E-state index is 13.5. The second kappa shape index (κ2) is 5.03. The Morgan fingerprint density at radius 1 is 1.47 bits per heavy atom. The van der Waals surface area contributed by atoms with Gasteiger partial charge in [0.1, 0.15) is 5.60 Å². The molecule has 0 heterocycles. The zero-order valence-corrected chi connectivity index (χ0v) is 10.2. The lowest BCUT2D eigenvalue weighted by atomic mass is 10.2. The lowest BCUT2D eigenvalue weighted by molar-refractivity contribution is 0.0523. The highest BCUT2D eigenvalue weighted by molar-refractivity contribution is 5.67. The number of halogens is 1. The van der Waals surface area contributed by atoms with Crippen molar-refractivity contribution in [1.29, 1.82) is 0 Å². The number of amides is 1. The fourth-order valence-electron chi connectivity index (χ4n) is 1.22.